The number of para-hydroxylation sites is 2. The van der Waals surface area contributed by atoms with E-state index in [1.54, 1.807) is 0 Å². The molecular formula is C13H15N3O2S. The first kappa shape index (κ1) is 12.5. The molecule has 2 heterocycles. The van der Waals surface area contributed by atoms with Gasteiger partial charge in [0, 0.05) is 13.1 Å². The van der Waals surface area contributed by atoms with Gasteiger partial charge in [-0.3, -0.25) is 4.79 Å². The van der Waals surface area contributed by atoms with Crippen LogP contribution in [0.1, 0.15) is 0 Å². The van der Waals surface area contributed by atoms with Gasteiger partial charge in [-0.05, 0) is 12.1 Å². The van der Waals surface area contributed by atoms with Crippen LogP contribution in [-0.2, 0) is 9.53 Å². The summed E-state index contributed by atoms with van der Waals surface area (Å²) in [6.45, 7) is 2.67. The van der Waals surface area contributed by atoms with E-state index in [4.69, 9.17) is 4.74 Å². The molecule has 1 saturated heterocycles. The van der Waals surface area contributed by atoms with Gasteiger partial charge in [-0.15, -0.1) is 0 Å². The van der Waals surface area contributed by atoms with Crippen molar-refractivity contribution in [1.29, 1.82) is 0 Å². The Morgan fingerprint density at radius 3 is 2.95 bits per heavy atom. The number of benzene rings is 1. The van der Waals surface area contributed by atoms with E-state index >= 15 is 0 Å². The Kier molecular flexibility index (Phi) is 3.70. The minimum Gasteiger partial charge on any atom is -0.378 e. The second-order valence-corrected chi connectivity index (χ2v) is 5.30. The van der Waals surface area contributed by atoms with Crippen molar-refractivity contribution in [1.82, 2.24) is 14.9 Å². The number of nitrogens with zero attached hydrogens (tertiary/aromatic N) is 2. The number of aromatic nitrogens is 2. The molecule has 2 aromatic rings. The van der Waals surface area contributed by atoms with Gasteiger partial charge in [0.15, 0.2) is 5.16 Å². The molecule has 1 aliphatic rings. The zero-order chi connectivity index (χ0) is 13.1. The third kappa shape index (κ3) is 2.90. The number of nitrogens with one attached hydrogen (secondary N) is 1. The lowest BCUT2D eigenvalue weighted by atomic mass is 10.3. The zero-order valence-electron chi connectivity index (χ0n) is 10.5. The monoisotopic (exact) mass is 277 g/mol. The Morgan fingerprint density at radius 2 is 2.16 bits per heavy atom. The van der Waals surface area contributed by atoms with Crippen LogP contribution in [0.15, 0.2) is 29.4 Å². The van der Waals surface area contributed by atoms with Crippen LogP contribution in [0.4, 0.5) is 0 Å². The molecule has 1 N–H and O–H groups in total. The van der Waals surface area contributed by atoms with Crippen LogP contribution in [0.2, 0.25) is 0 Å². The van der Waals surface area contributed by atoms with Crippen LogP contribution < -0.4 is 0 Å². The summed E-state index contributed by atoms with van der Waals surface area (Å²) in [4.78, 5) is 21.5. The number of morpholine rings is 1. The van der Waals surface area contributed by atoms with Crippen molar-refractivity contribution >= 4 is 28.7 Å². The summed E-state index contributed by atoms with van der Waals surface area (Å²) in [5.74, 6) is 0.563. The van der Waals surface area contributed by atoms with Crippen molar-refractivity contribution in [3.05, 3.63) is 24.3 Å². The molecule has 19 heavy (non-hydrogen) atoms. The molecule has 0 saturated carbocycles. The largest absolute Gasteiger partial charge is 0.378 e. The maximum atomic E-state index is 12.0. The molecular weight excluding hydrogens is 262 g/mol. The maximum absolute atomic E-state index is 12.0. The Bertz CT molecular complexity index is 545. The Hall–Kier alpha value is -1.53. The number of H-pyrrole nitrogens is 1. The summed E-state index contributed by atoms with van der Waals surface area (Å²) >= 11 is 1.45. The standard InChI is InChI=1S/C13H15N3O2S/c17-12(16-5-7-18-8-6-16)9-19-13-14-10-3-1-2-4-11(10)15-13/h1-4H,5-9H2,(H,14,15). The lowest BCUT2D eigenvalue weighted by Crippen LogP contribution is -2.41. The number of ether oxygens (including phenoxy) is 1. The van der Waals surface area contributed by atoms with Crippen LogP contribution in [0, 0.1) is 0 Å². The summed E-state index contributed by atoms with van der Waals surface area (Å²) in [6, 6.07) is 7.86. The first-order valence-corrected chi connectivity index (χ1v) is 7.24. The van der Waals surface area contributed by atoms with E-state index in [1.165, 1.54) is 11.8 Å². The summed E-state index contributed by atoms with van der Waals surface area (Å²) in [5, 5.41) is 0.794. The molecule has 1 aromatic heterocycles. The van der Waals surface area contributed by atoms with Crippen molar-refractivity contribution in [3.8, 4) is 0 Å². The van der Waals surface area contributed by atoms with Gasteiger partial charge in [-0.25, -0.2) is 4.98 Å². The Morgan fingerprint density at radius 1 is 1.37 bits per heavy atom. The summed E-state index contributed by atoms with van der Waals surface area (Å²) in [7, 11) is 0. The summed E-state index contributed by atoms with van der Waals surface area (Å²) < 4.78 is 5.23. The molecule has 1 aromatic carbocycles. The zero-order valence-corrected chi connectivity index (χ0v) is 11.3. The van der Waals surface area contributed by atoms with E-state index in [1.807, 2.05) is 29.2 Å². The van der Waals surface area contributed by atoms with Crippen LogP contribution in [0.25, 0.3) is 11.0 Å². The van der Waals surface area contributed by atoms with Gasteiger partial charge < -0.3 is 14.6 Å². The predicted molar refractivity (Wildman–Crippen MR) is 74.2 cm³/mol. The number of carbonyl (C=O) groups excluding carboxylic acids is 1. The molecule has 100 valence electrons. The van der Waals surface area contributed by atoms with Crippen molar-refractivity contribution in [2.75, 3.05) is 32.1 Å². The predicted octanol–water partition coefficient (Wildman–Crippen LogP) is 1.51. The quantitative estimate of drug-likeness (QED) is 0.864. The van der Waals surface area contributed by atoms with Gasteiger partial charge in [-0.2, -0.15) is 0 Å². The molecule has 6 heteroatoms. The molecule has 0 radical (unpaired) electrons. The van der Waals surface area contributed by atoms with Gasteiger partial charge in [0.05, 0.1) is 30.0 Å². The first-order chi connectivity index (χ1) is 9.33. The average Bonchev–Trinajstić information content (AvgIpc) is 2.88. The van der Waals surface area contributed by atoms with Crippen LogP contribution in [-0.4, -0.2) is 52.8 Å². The van der Waals surface area contributed by atoms with Crippen molar-refractivity contribution < 1.29 is 9.53 Å². The molecule has 0 bridgehead atoms. The average molecular weight is 277 g/mol. The second-order valence-electron chi connectivity index (χ2n) is 4.34. The number of thioether (sulfide) groups is 1. The van der Waals surface area contributed by atoms with E-state index in [-0.39, 0.29) is 5.91 Å². The molecule has 1 fully saturated rings. The van der Waals surface area contributed by atoms with Crippen LogP contribution >= 0.6 is 11.8 Å². The molecule has 3 rings (SSSR count). The fourth-order valence-electron chi connectivity index (χ4n) is 2.03. The highest BCUT2D eigenvalue weighted by atomic mass is 32.2. The van der Waals surface area contributed by atoms with Crippen molar-refractivity contribution in [2.45, 2.75) is 5.16 Å². The number of fused-ring (bicyclic) bond motifs is 1. The third-order valence-corrected chi connectivity index (χ3v) is 3.92. The lowest BCUT2D eigenvalue weighted by molar-refractivity contribution is -0.132. The molecule has 5 nitrogen and oxygen atoms in total. The molecule has 1 aliphatic heterocycles. The topological polar surface area (TPSA) is 58.2 Å². The Balaban J connectivity index is 1.60. The molecule has 0 aliphatic carbocycles. The normalized spacial score (nSPS) is 15.9. The highest BCUT2D eigenvalue weighted by Crippen LogP contribution is 2.19. The van der Waals surface area contributed by atoms with Gasteiger partial charge in [0.2, 0.25) is 5.91 Å². The lowest BCUT2D eigenvalue weighted by Gasteiger charge is -2.26. The van der Waals surface area contributed by atoms with Gasteiger partial charge in [0.1, 0.15) is 0 Å². The molecule has 0 atom stereocenters. The third-order valence-electron chi connectivity index (χ3n) is 3.06. The van der Waals surface area contributed by atoms with Gasteiger partial charge >= 0.3 is 0 Å². The highest BCUT2D eigenvalue weighted by Gasteiger charge is 2.17. The second kappa shape index (κ2) is 5.63. The highest BCUT2D eigenvalue weighted by molar-refractivity contribution is 7.99. The number of aromatic amines is 1. The summed E-state index contributed by atoms with van der Waals surface area (Å²) in [6.07, 6.45) is 0. The minimum atomic E-state index is 0.147. The number of carbonyl (C=O) groups is 1. The smallest absolute Gasteiger partial charge is 0.233 e. The number of amides is 1. The van der Waals surface area contributed by atoms with E-state index < -0.39 is 0 Å². The first-order valence-electron chi connectivity index (χ1n) is 6.26. The molecule has 1 amide bonds. The fourth-order valence-corrected chi connectivity index (χ4v) is 2.82. The summed E-state index contributed by atoms with van der Waals surface area (Å²) in [5.41, 5.74) is 1.94. The van der Waals surface area contributed by atoms with Crippen molar-refractivity contribution in [3.63, 3.8) is 0 Å². The molecule has 0 spiro atoms. The van der Waals surface area contributed by atoms with E-state index in [2.05, 4.69) is 9.97 Å². The number of imidazole rings is 1. The number of hydrogen-bond donors (Lipinski definition) is 1. The van der Waals surface area contributed by atoms with E-state index in [0.29, 0.717) is 32.1 Å². The number of hydrogen-bond acceptors (Lipinski definition) is 4. The van der Waals surface area contributed by atoms with Crippen molar-refractivity contribution in [2.24, 2.45) is 0 Å². The SMILES string of the molecule is O=C(CSc1nc2ccccc2[nH]1)N1CCOCC1. The molecule has 0 unspecified atom stereocenters. The minimum absolute atomic E-state index is 0.147. The fraction of sp³-hybridized carbons (Fsp3) is 0.385. The number of rotatable bonds is 3. The van der Waals surface area contributed by atoms with Gasteiger partial charge in [0.25, 0.3) is 0 Å². The van der Waals surface area contributed by atoms with Crippen LogP contribution in [0.5, 0.6) is 0 Å². The van der Waals surface area contributed by atoms with E-state index in [0.717, 1.165) is 16.2 Å². The Labute approximate surface area is 115 Å². The maximum Gasteiger partial charge on any atom is 0.233 e. The van der Waals surface area contributed by atoms with Crippen LogP contribution in [0.3, 0.4) is 0 Å². The van der Waals surface area contributed by atoms with E-state index in [9.17, 15) is 4.79 Å². The van der Waals surface area contributed by atoms with Gasteiger partial charge in [-0.1, -0.05) is 23.9 Å².